The first-order valence-electron chi connectivity index (χ1n) is 9.12. The van der Waals surface area contributed by atoms with Gasteiger partial charge in [0, 0.05) is 24.6 Å². The molecule has 2 unspecified atom stereocenters. The Balaban J connectivity index is 1.62. The Labute approximate surface area is 126 Å². The minimum absolute atomic E-state index is 0.437. The standard InChI is InChI=1S/C18H35NO/c1-3-4-5-6-7-8-9-12-18(13-14-20-16(18)2)15-19-17-10-11-17/h16-17,19H,3-15H2,1-2H3. The molecule has 0 amide bonds. The molecule has 1 aliphatic carbocycles. The molecule has 2 atom stereocenters. The van der Waals surface area contributed by atoms with E-state index < -0.39 is 0 Å². The summed E-state index contributed by atoms with van der Waals surface area (Å²) in [5, 5.41) is 3.76. The molecule has 2 nitrogen and oxygen atoms in total. The lowest BCUT2D eigenvalue weighted by Gasteiger charge is -2.33. The van der Waals surface area contributed by atoms with E-state index in [9.17, 15) is 0 Å². The van der Waals surface area contributed by atoms with Crippen molar-refractivity contribution in [3.8, 4) is 0 Å². The lowest BCUT2D eigenvalue weighted by Crippen LogP contribution is -2.40. The molecule has 1 saturated carbocycles. The molecule has 2 heteroatoms. The second kappa shape index (κ2) is 8.38. The topological polar surface area (TPSA) is 21.3 Å². The van der Waals surface area contributed by atoms with Gasteiger partial charge in [-0.25, -0.2) is 0 Å². The van der Waals surface area contributed by atoms with Gasteiger partial charge in [0.25, 0.3) is 0 Å². The zero-order chi connectivity index (χ0) is 14.3. The number of hydrogen-bond donors (Lipinski definition) is 1. The molecule has 1 aliphatic heterocycles. The summed E-state index contributed by atoms with van der Waals surface area (Å²) in [5.41, 5.74) is 0.437. The zero-order valence-electron chi connectivity index (χ0n) is 13.8. The molecule has 1 saturated heterocycles. The predicted octanol–water partition coefficient (Wildman–Crippen LogP) is 4.67. The average molecular weight is 281 g/mol. The summed E-state index contributed by atoms with van der Waals surface area (Å²) >= 11 is 0. The third-order valence-electron chi connectivity index (χ3n) is 5.43. The van der Waals surface area contributed by atoms with E-state index in [-0.39, 0.29) is 0 Å². The van der Waals surface area contributed by atoms with Crippen LogP contribution in [0.15, 0.2) is 0 Å². The third-order valence-corrected chi connectivity index (χ3v) is 5.43. The molecule has 20 heavy (non-hydrogen) atoms. The molecule has 0 aromatic carbocycles. The van der Waals surface area contributed by atoms with Gasteiger partial charge < -0.3 is 10.1 Å². The van der Waals surface area contributed by atoms with Gasteiger partial charge in [0.2, 0.25) is 0 Å². The predicted molar refractivity (Wildman–Crippen MR) is 86.1 cm³/mol. The van der Waals surface area contributed by atoms with Gasteiger partial charge in [-0.15, -0.1) is 0 Å². The maximum Gasteiger partial charge on any atom is 0.0616 e. The summed E-state index contributed by atoms with van der Waals surface area (Å²) in [6.45, 7) is 6.75. The summed E-state index contributed by atoms with van der Waals surface area (Å²) in [4.78, 5) is 0. The van der Waals surface area contributed by atoms with Crippen molar-refractivity contribution in [2.45, 2.75) is 96.6 Å². The van der Waals surface area contributed by atoms with Crippen LogP contribution in [0, 0.1) is 5.41 Å². The maximum atomic E-state index is 5.89. The molecule has 0 aromatic heterocycles. The Hall–Kier alpha value is -0.0800. The van der Waals surface area contributed by atoms with E-state index in [2.05, 4.69) is 19.2 Å². The van der Waals surface area contributed by atoms with Crippen LogP contribution in [0.1, 0.15) is 84.5 Å². The molecule has 0 radical (unpaired) electrons. The van der Waals surface area contributed by atoms with E-state index in [1.165, 1.54) is 77.2 Å². The van der Waals surface area contributed by atoms with Crippen molar-refractivity contribution in [1.82, 2.24) is 5.32 Å². The second-order valence-corrected chi connectivity index (χ2v) is 7.15. The second-order valence-electron chi connectivity index (χ2n) is 7.15. The highest BCUT2D eigenvalue weighted by molar-refractivity contribution is 4.94. The first kappa shape index (κ1) is 16.3. The number of rotatable bonds is 11. The van der Waals surface area contributed by atoms with Crippen molar-refractivity contribution >= 4 is 0 Å². The Morgan fingerprint density at radius 2 is 1.75 bits per heavy atom. The first-order chi connectivity index (χ1) is 9.77. The van der Waals surface area contributed by atoms with Crippen molar-refractivity contribution in [2.24, 2.45) is 5.41 Å². The molecule has 2 aliphatic rings. The van der Waals surface area contributed by atoms with Crippen molar-refractivity contribution in [2.75, 3.05) is 13.2 Å². The Morgan fingerprint density at radius 1 is 1.05 bits per heavy atom. The smallest absolute Gasteiger partial charge is 0.0616 e. The Kier molecular flexibility index (Phi) is 6.83. The summed E-state index contributed by atoms with van der Waals surface area (Å²) in [7, 11) is 0. The fourth-order valence-corrected chi connectivity index (χ4v) is 3.54. The van der Waals surface area contributed by atoms with Gasteiger partial charge >= 0.3 is 0 Å². The third kappa shape index (κ3) is 5.04. The van der Waals surface area contributed by atoms with E-state index in [0.29, 0.717) is 11.5 Å². The lowest BCUT2D eigenvalue weighted by atomic mass is 9.77. The lowest BCUT2D eigenvalue weighted by molar-refractivity contribution is 0.0568. The molecule has 2 fully saturated rings. The summed E-state index contributed by atoms with van der Waals surface area (Å²) in [6, 6.07) is 0.828. The van der Waals surface area contributed by atoms with Gasteiger partial charge in [0.1, 0.15) is 0 Å². The molecular weight excluding hydrogens is 246 g/mol. The van der Waals surface area contributed by atoms with Crippen molar-refractivity contribution in [3.63, 3.8) is 0 Å². The van der Waals surface area contributed by atoms with E-state index in [4.69, 9.17) is 4.74 Å². The fourth-order valence-electron chi connectivity index (χ4n) is 3.54. The quantitative estimate of drug-likeness (QED) is 0.555. The summed E-state index contributed by atoms with van der Waals surface area (Å²) in [6.07, 6.45) is 15.8. The van der Waals surface area contributed by atoms with Crippen LogP contribution in [-0.4, -0.2) is 25.3 Å². The molecule has 0 bridgehead atoms. The van der Waals surface area contributed by atoms with Crippen LogP contribution in [0.3, 0.4) is 0 Å². The van der Waals surface area contributed by atoms with E-state index in [0.717, 1.165) is 12.6 Å². The Bertz CT molecular complexity index is 264. The van der Waals surface area contributed by atoms with Crippen LogP contribution in [0.4, 0.5) is 0 Å². The molecule has 1 N–H and O–H groups in total. The summed E-state index contributed by atoms with van der Waals surface area (Å²) < 4.78 is 5.89. The van der Waals surface area contributed by atoms with Crippen molar-refractivity contribution in [1.29, 1.82) is 0 Å². The average Bonchev–Trinajstić information content (AvgIpc) is 3.21. The normalized spacial score (nSPS) is 30.0. The van der Waals surface area contributed by atoms with Crippen LogP contribution in [-0.2, 0) is 4.74 Å². The van der Waals surface area contributed by atoms with Crippen LogP contribution in [0.5, 0.6) is 0 Å². The van der Waals surface area contributed by atoms with Crippen LogP contribution in [0.2, 0.25) is 0 Å². The highest BCUT2D eigenvalue weighted by Gasteiger charge is 2.41. The van der Waals surface area contributed by atoms with Gasteiger partial charge in [0.05, 0.1) is 6.10 Å². The van der Waals surface area contributed by atoms with E-state index in [1.807, 2.05) is 0 Å². The van der Waals surface area contributed by atoms with Crippen LogP contribution < -0.4 is 5.32 Å². The minimum Gasteiger partial charge on any atom is -0.378 e. The van der Waals surface area contributed by atoms with E-state index >= 15 is 0 Å². The Morgan fingerprint density at radius 3 is 2.35 bits per heavy atom. The van der Waals surface area contributed by atoms with Gasteiger partial charge in [-0.2, -0.15) is 0 Å². The highest BCUT2D eigenvalue weighted by Crippen LogP contribution is 2.40. The zero-order valence-corrected chi connectivity index (χ0v) is 13.8. The van der Waals surface area contributed by atoms with Crippen LogP contribution >= 0.6 is 0 Å². The largest absolute Gasteiger partial charge is 0.378 e. The SMILES string of the molecule is CCCCCCCCCC1(CNC2CC2)CCOC1C. The molecular formula is C18H35NO. The van der Waals surface area contributed by atoms with Gasteiger partial charge in [0.15, 0.2) is 0 Å². The number of unbranched alkanes of at least 4 members (excludes halogenated alkanes) is 6. The minimum atomic E-state index is 0.437. The number of hydrogen-bond acceptors (Lipinski definition) is 2. The monoisotopic (exact) mass is 281 g/mol. The molecule has 0 aromatic rings. The van der Waals surface area contributed by atoms with Crippen molar-refractivity contribution in [3.05, 3.63) is 0 Å². The summed E-state index contributed by atoms with van der Waals surface area (Å²) in [5.74, 6) is 0. The highest BCUT2D eigenvalue weighted by atomic mass is 16.5. The van der Waals surface area contributed by atoms with Gasteiger partial charge in [-0.05, 0) is 32.6 Å². The molecule has 1 heterocycles. The molecule has 0 spiro atoms. The van der Waals surface area contributed by atoms with Gasteiger partial charge in [-0.1, -0.05) is 51.9 Å². The number of nitrogens with one attached hydrogen (secondary N) is 1. The number of ether oxygens (including phenoxy) is 1. The van der Waals surface area contributed by atoms with Gasteiger partial charge in [-0.3, -0.25) is 0 Å². The van der Waals surface area contributed by atoms with Crippen molar-refractivity contribution < 1.29 is 4.74 Å². The van der Waals surface area contributed by atoms with Crippen LogP contribution in [0.25, 0.3) is 0 Å². The first-order valence-corrected chi connectivity index (χ1v) is 9.12. The maximum absolute atomic E-state index is 5.89. The molecule has 118 valence electrons. The fraction of sp³-hybridized carbons (Fsp3) is 1.00. The molecule has 2 rings (SSSR count). The van der Waals surface area contributed by atoms with E-state index in [1.54, 1.807) is 0 Å².